The van der Waals surface area contributed by atoms with Crippen molar-refractivity contribution in [3.8, 4) is 11.1 Å². The standard InChI is InChI=1S/C13H12.C12H16N2O2.C9H14F3N3O4/c1-11-7-9-13(10-8-11)12-5-3-2-4-6-12;1-10(14-12(16)8-13-9-15)7-11-5-3-2-4-6-11;10-9(11,12)8(19)5(1-2-6(13)17)15-7(18)3-14-4-16/h2-10H,1H3;2-6,9-10H,7-8H2,1H3,(H,13,15)(H,14,16);4-5,8,19H,1-3H2,(H2,13,17)(H,14,16)(H,15,18). The number of nitrogens with two attached hydrogens (primary N) is 1. The number of aryl methyl sites for hydroxylation is 1. The number of carbonyl (C=O) groups excluding carboxylic acids is 5. The summed E-state index contributed by atoms with van der Waals surface area (Å²) >= 11 is 0. The van der Waals surface area contributed by atoms with Crippen molar-refractivity contribution in [3.63, 3.8) is 0 Å². The number of carbonyl (C=O) groups is 5. The summed E-state index contributed by atoms with van der Waals surface area (Å²) in [6.45, 7) is 3.53. The van der Waals surface area contributed by atoms with Gasteiger partial charge in [-0.15, -0.1) is 0 Å². The predicted octanol–water partition coefficient (Wildman–Crippen LogP) is 2.55. The van der Waals surface area contributed by atoms with Gasteiger partial charge in [0.05, 0.1) is 19.1 Å². The molecule has 14 heteroatoms. The Labute approximate surface area is 277 Å². The Morgan fingerprint density at radius 3 is 1.75 bits per heavy atom. The van der Waals surface area contributed by atoms with Crippen LogP contribution in [0.4, 0.5) is 13.2 Å². The molecule has 0 fully saturated rings. The number of halogens is 3. The van der Waals surface area contributed by atoms with Gasteiger partial charge in [0.1, 0.15) is 0 Å². The Bertz CT molecular complexity index is 1390. The molecular formula is C34H42F3N5O6. The van der Waals surface area contributed by atoms with Crippen LogP contribution >= 0.6 is 0 Å². The van der Waals surface area contributed by atoms with Crippen molar-refractivity contribution >= 4 is 30.5 Å². The van der Waals surface area contributed by atoms with Gasteiger partial charge in [0.2, 0.25) is 30.5 Å². The van der Waals surface area contributed by atoms with Crippen LogP contribution in [0.1, 0.15) is 30.9 Å². The fraction of sp³-hybridized carbons (Fsp3) is 0.324. The highest BCUT2D eigenvalue weighted by Gasteiger charge is 2.44. The first-order chi connectivity index (χ1) is 22.8. The molecule has 0 aliphatic heterocycles. The Morgan fingerprint density at radius 2 is 1.27 bits per heavy atom. The van der Waals surface area contributed by atoms with E-state index < -0.39 is 49.5 Å². The van der Waals surface area contributed by atoms with Crippen LogP contribution in [0.15, 0.2) is 84.9 Å². The first-order valence-corrected chi connectivity index (χ1v) is 14.9. The van der Waals surface area contributed by atoms with Gasteiger partial charge in [0.25, 0.3) is 0 Å². The molecule has 0 heterocycles. The zero-order valence-corrected chi connectivity index (χ0v) is 26.7. The van der Waals surface area contributed by atoms with E-state index in [1.54, 1.807) is 0 Å². The molecule has 3 rings (SSSR count). The monoisotopic (exact) mass is 673 g/mol. The maximum atomic E-state index is 12.3. The van der Waals surface area contributed by atoms with E-state index in [9.17, 15) is 37.1 Å². The molecular weight excluding hydrogens is 631 g/mol. The smallest absolute Gasteiger partial charge is 0.382 e. The Morgan fingerprint density at radius 1 is 0.792 bits per heavy atom. The molecule has 5 amide bonds. The van der Waals surface area contributed by atoms with Crippen molar-refractivity contribution in [2.75, 3.05) is 13.1 Å². The molecule has 0 saturated heterocycles. The second-order valence-corrected chi connectivity index (χ2v) is 10.6. The SMILES string of the molecule is CC(Cc1ccccc1)NC(=O)CNC=O.Cc1ccc(-c2ccccc2)cc1.NC(=O)CCC(NC(=O)CNC=O)C(O)C(F)(F)F. The summed E-state index contributed by atoms with van der Waals surface area (Å²) in [5.41, 5.74) is 9.84. The van der Waals surface area contributed by atoms with Crippen molar-refractivity contribution in [1.82, 2.24) is 21.3 Å². The van der Waals surface area contributed by atoms with E-state index in [2.05, 4.69) is 66.1 Å². The molecule has 11 nitrogen and oxygen atoms in total. The average Bonchev–Trinajstić information content (AvgIpc) is 3.05. The highest BCUT2D eigenvalue weighted by Crippen LogP contribution is 2.24. The van der Waals surface area contributed by atoms with Gasteiger partial charge in [-0.1, -0.05) is 90.5 Å². The van der Waals surface area contributed by atoms with E-state index in [0.29, 0.717) is 6.41 Å². The largest absolute Gasteiger partial charge is 0.416 e. The lowest BCUT2D eigenvalue weighted by atomic mass is 10.0. The molecule has 0 aliphatic carbocycles. The zero-order valence-electron chi connectivity index (χ0n) is 26.7. The van der Waals surface area contributed by atoms with Crippen LogP contribution in [-0.2, 0) is 30.4 Å². The van der Waals surface area contributed by atoms with Gasteiger partial charge in [-0.05, 0) is 43.4 Å². The minimum absolute atomic E-state index is 0.0304. The fourth-order valence-electron chi connectivity index (χ4n) is 4.08. The number of hydrogen-bond acceptors (Lipinski definition) is 6. The first kappa shape index (κ1) is 40.8. The van der Waals surface area contributed by atoms with Crippen LogP contribution in [-0.4, -0.2) is 73.1 Å². The number of rotatable bonds is 15. The molecule has 7 N–H and O–H groups in total. The number of amides is 5. The highest BCUT2D eigenvalue weighted by molar-refractivity contribution is 5.80. The third-order valence-corrected chi connectivity index (χ3v) is 6.41. The second-order valence-electron chi connectivity index (χ2n) is 10.6. The van der Waals surface area contributed by atoms with Crippen LogP contribution in [0, 0.1) is 6.92 Å². The van der Waals surface area contributed by atoms with E-state index >= 15 is 0 Å². The molecule has 0 radical (unpaired) electrons. The molecule has 3 atom stereocenters. The van der Waals surface area contributed by atoms with Crippen molar-refractivity contribution in [3.05, 3.63) is 96.1 Å². The molecule has 0 aromatic heterocycles. The minimum atomic E-state index is -4.95. The predicted molar refractivity (Wildman–Crippen MR) is 175 cm³/mol. The molecule has 48 heavy (non-hydrogen) atoms. The lowest BCUT2D eigenvalue weighted by molar-refractivity contribution is -0.212. The van der Waals surface area contributed by atoms with Crippen molar-refractivity contribution in [2.45, 2.75) is 57.5 Å². The molecule has 0 spiro atoms. The van der Waals surface area contributed by atoms with Crippen molar-refractivity contribution < 1.29 is 42.3 Å². The summed E-state index contributed by atoms with van der Waals surface area (Å²) in [7, 11) is 0. The summed E-state index contributed by atoms with van der Waals surface area (Å²) in [5, 5.41) is 18.0. The minimum Gasteiger partial charge on any atom is -0.382 e. The van der Waals surface area contributed by atoms with Gasteiger partial charge in [-0.3, -0.25) is 24.0 Å². The maximum absolute atomic E-state index is 12.3. The Hall–Kier alpha value is -5.24. The highest BCUT2D eigenvalue weighted by atomic mass is 19.4. The van der Waals surface area contributed by atoms with Gasteiger partial charge in [-0.25, -0.2) is 0 Å². The van der Waals surface area contributed by atoms with Crippen LogP contribution in [0.2, 0.25) is 0 Å². The van der Waals surface area contributed by atoms with Crippen molar-refractivity contribution in [1.29, 1.82) is 0 Å². The number of aliphatic hydroxyl groups is 1. The molecule has 260 valence electrons. The van der Waals surface area contributed by atoms with Gasteiger partial charge in [0.15, 0.2) is 6.10 Å². The van der Waals surface area contributed by atoms with E-state index in [1.807, 2.05) is 54.0 Å². The summed E-state index contributed by atoms with van der Waals surface area (Å²) in [5.74, 6) is -1.96. The van der Waals surface area contributed by atoms with E-state index in [-0.39, 0.29) is 24.9 Å². The molecule has 0 aliphatic rings. The Balaban J connectivity index is 0.000000365. The zero-order chi connectivity index (χ0) is 36.0. The number of nitrogens with one attached hydrogen (secondary N) is 4. The molecule has 3 aromatic carbocycles. The van der Waals surface area contributed by atoms with Crippen molar-refractivity contribution in [2.24, 2.45) is 5.73 Å². The van der Waals surface area contributed by atoms with Crippen LogP contribution in [0.25, 0.3) is 11.1 Å². The summed E-state index contributed by atoms with van der Waals surface area (Å²) in [4.78, 5) is 52.9. The van der Waals surface area contributed by atoms with Gasteiger partial charge < -0.3 is 32.1 Å². The normalized spacial score (nSPS) is 12.2. The number of aliphatic hydroxyl groups excluding tert-OH is 1. The van der Waals surface area contributed by atoms with Gasteiger partial charge in [-0.2, -0.15) is 13.2 Å². The van der Waals surface area contributed by atoms with E-state index in [1.165, 1.54) is 22.3 Å². The Kier molecular flexibility index (Phi) is 19.0. The summed E-state index contributed by atoms with van der Waals surface area (Å²) in [6.07, 6.45) is -7.18. The molecule has 3 aromatic rings. The number of alkyl halides is 3. The van der Waals surface area contributed by atoms with E-state index in [0.717, 1.165) is 6.42 Å². The quantitative estimate of drug-likeness (QED) is 0.135. The lowest BCUT2D eigenvalue weighted by Crippen LogP contribution is -2.51. The van der Waals surface area contributed by atoms with Crippen LogP contribution in [0.3, 0.4) is 0 Å². The third kappa shape index (κ3) is 18.0. The maximum Gasteiger partial charge on any atom is 0.416 e. The number of hydrogen-bond donors (Lipinski definition) is 6. The van der Waals surface area contributed by atoms with Crippen LogP contribution < -0.4 is 27.0 Å². The first-order valence-electron chi connectivity index (χ1n) is 14.9. The second kappa shape index (κ2) is 22.3. The molecule has 0 bridgehead atoms. The summed E-state index contributed by atoms with van der Waals surface area (Å²) in [6, 6.07) is 27.3. The summed E-state index contributed by atoms with van der Waals surface area (Å²) < 4.78 is 37.0. The number of benzene rings is 3. The lowest BCUT2D eigenvalue weighted by Gasteiger charge is -2.25. The topological polar surface area (TPSA) is 180 Å². The molecule has 0 saturated carbocycles. The van der Waals surface area contributed by atoms with Gasteiger partial charge in [0, 0.05) is 12.5 Å². The fourth-order valence-corrected chi connectivity index (χ4v) is 4.08. The number of primary amides is 1. The molecule has 3 unspecified atom stereocenters. The van der Waals surface area contributed by atoms with Crippen LogP contribution in [0.5, 0.6) is 0 Å². The van der Waals surface area contributed by atoms with Gasteiger partial charge >= 0.3 is 6.18 Å². The third-order valence-electron chi connectivity index (χ3n) is 6.41. The average molecular weight is 674 g/mol. The van der Waals surface area contributed by atoms with E-state index in [4.69, 9.17) is 10.8 Å².